The van der Waals surface area contributed by atoms with Gasteiger partial charge in [-0.2, -0.15) is 0 Å². The predicted octanol–water partition coefficient (Wildman–Crippen LogP) is 3.22. The third-order valence-electron chi connectivity index (χ3n) is 2.92. The van der Waals surface area contributed by atoms with E-state index in [0.29, 0.717) is 5.41 Å². The van der Waals surface area contributed by atoms with Crippen molar-refractivity contribution in [2.24, 2.45) is 11.3 Å². The first kappa shape index (κ1) is 12.7. The maximum Gasteiger partial charge on any atom is -0.00492 e. The third-order valence-corrected chi connectivity index (χ3v) is 2.92. The molecule has 0 aliphatic rings. The van der Waals surface area contributed by atoms with Gasteiger partial charge in [0.2, 0.25) is 0 Å². The normalized spacial score (nSPS) is 14.2. The van der Waals surface area contributed by atoms with Crippen LogP contribution in [-0.4, -0.2) is 13.6 Å². The lowest BCUT2D eigenvalue weighted by Crippen LogP contribution is -2.25. The van der Waals surface area contributed by atoms with Crippen molar-refractivity contribution in [2.75, 3.05) is 13.6 Å². The van der Waals surface area contributed by atoms with E-state index >= 15 is 0 Å². The molecule has 0 aromatic carbocycles. The van der Waals surface area contributed by atoms with Gasteiger partial charge in [0.15, 0.2) is 0 Å². The second-order valence-corrected chi connectivity index (χ2v) is 4.92. The van der Waals surface area contributed by atoms with Crippen LogP contribution >= 0.6 is 0 Å². The summed E-state index contributed by atoms with van der Waals surface area (Å²) < 4.78 is 0. The quantitative estimate of drug-likeness (QED) is 0.623. The van der Waals surface area contributed by atoms with Gasteiger partial charge >= 0.3 is 0 Å². The van der Waals surface area contributed by atoms with Crippen LogP contribution in [0.2, 0.25) is 0 Å². The van der Waals surface area contributed by atoms with Crippen LogP contribution < -0.4 is 5.32 Å². The third kappa shape index (κ3) is 5.09. The molecule has 0 rings (SSSR count). The summed E-state index contributed by atoms with van der Waals surface area (Å²) in [5.74, 6) is 0.747. The number of hydrogen-bond donors (Lipinski definition) is 1. The van der Waals surface area contributed by atoms with E-state index in [-0.39, 0.29) is 0 Å². The highest BCUT2D eigenvalue weighted by Gasteiger charge is 2.24. The average molecular weight is 183 g/mol. The molecule has 0 aromatic rings. The minimum absolute atomic E-state index is 0.392. The van der Waals surface area contributed by atoms with E-state index in [1.54, 1.807) is 0 Å². The molecule has 78 valence electrons. The topological polar surface area (TPSA) is 12.0 Å². The highest BCUT2D eigenvalue weighted by Crippen LogP contribution is 2.34. The lowest BCUT2D eigenvalue weighted by molar-refractivity contribution is 0.216. The van der Waals surface area contributed by atoms with Gasteiger partial charge in [-0.25, -0.2) is 0 Å². The van der Waals surface area contributed by atoms with E-state index in [0.717, 1.165) is 18.9 Å². The molecule has 1 heteroatoms. The largest absolute Gasteiger partial charge is 0.320 e. The molecule has 1 nitrogen and oxygen atoms in total. The first-order valence-electron chi connectivity index (χ1n) is 5.19. The molecule has 0 saturated heterocycles. The summed E-state index contributed by atoms with van der Waals surface area (Å²) in [6.07, 6.45) is 2.38. The number of rotatable bonds is 6. The second kappa shape index (κ2) is 5.43. The Kier molecular flexibility index (Phi) is 5.31. The van der Waals surface area contributed by atoms with Gasteiger partial charge in [0, 0.05) is 0 Å². The van der Waals surface area contributed by atoms with Crippen LogP contribution in [0, 0.1) is 11.3 Å². The summed E-state index contributed by atoms with van der Waals surface area (Å²) in [6.45, 7) is 14.2. The molecule has 0 heterocycles. The summed E-state index contributed by atoms with van der Waals surface area (Å²) in [5.41, 5.74) is 1.68. The van der Waals surface area contributed by atoms with Gasteiger partial charge in [0.05, 0.1) is 0 Å². The molecule has 0 fully saturated rings. The highest BCUT2D eigenvalue weighted by molar-refractivity contribution is 4.95. The SMILES string of the molecule is C=C(C)CC(C)(C)C(C)CCNC. The van der Waals surface area contributed by atoms with Crippen molar-refractivity contribution in [1.82, 2.24) is 5.32 Å². The van der Waals surface area contributed by atoms with Gasteiger partial charge in [-0.3, -0.25) is 0 Å². The molecule has 0 saturated carbocycles. The van der Waals surface area contributed by atoms with Gasteiger partial charge < -0.3 is 5.32 Å². The van der Waals surface area contributed by atoms with Crippen LogP contribution in [0.5, 0.6) is 0 Å². The molecule has 0 radical (unpaired) electrons. The first-order chi connectivity index (χ1) is 5.90. The van der Waals surface area contributed by atoms with E-state index in [1.807, 2.05) is 7.05 Å². The monoisotopic (exact) mass is 183 g/mol. The maximum atomic E-state index is 3.99. The van der Waals surface area contributed by atoms with E-state index in [9.17, 15) is 0 Å². The second-order valence-electron chi connectivity index (χ2n) is 4.92. The standard InChI is InChI=1S/C12H25N/c1-10(2)9-12(4,5)11(3)7-8-13-6/h11,13H,1,7-9H2,2-6H3. The summed E-state index contributed by atoms with van der Waals surface area (Å²) in [7, 11) is 2.01. The molecule has 0 aliphatic heterocycles. The van der Waals surface area contributed by atoms with Gasteiger partial charge in [0.25, 0.3) is 0 Å². The number of allylic oxidation sites excluding steroid dienone is 1. The Morgan fingerprint density at radius 3 is 2.38 bits per heavy atom. The van der Waals surface area contributed by atoms with Crippen molar-refractivity contribution < 1.29 is 0 Å². The number of hydrogen-bond acceptors (Lipinski definition) is 1. The van der Waals surface area contributed by atoms with Gasteiger partial charge in [-0.05, 0) is 44.7 Å². The van der Waals surface area contributed by atoms with Crippen molar-refractivity contribution >= 4 is 0 Å². The van der Waals surface area contributed by atoms with Crippen LogP contribution in [0.15, 0.2) is 12.2 Å². The summed E-state index contributed by atoms with van der Waals surface area (Å²) >= 11 is 0. The zero-order chi connectivity index (χ0) is 10.5. The fraction of sp³-hybridized carbons (Fsp3) is 0.833. The zero-order valence-electron chi connectivity index (χ0n) is 9.91. The molecule has 0 bridgehead atoms. The van der Waals surface area contributed by atoms with Crippen LogP contribution in [0.4, 0.5) is 0 Å². The van der Waals surface area contributed by atoms with Crippen molar-refractivity contribution in [3.63, 3.8) is 0 Å². The van der Waals surface area contributed by atoms with Gasteiger partial charge in [-0.15, -0.1) is 6.58 Å². The Morgan fingerprint density at radius 1 is 1.46 bits per heavy atom. The van der Waals surface area contributed by atoms with Crippen LogP contribution in [0.3, 0.4) is 0 Å². The van der Waals surface area contributed by atoms with E-state index in [4.69, 9.17) is 0 Å². The molecule has 1 unspecified atom stereocenters. The lowest BCUT2D eigenvalue weighted by atomic mass is 9.74. The average Bonchev–Trinajstić information content (AvgIpc) is 1.97. The van der Waals surface area contributed by atoms with Crippen molar-refractivity contribution in [2.45, 2.75) is 40.5 Å². The van der Waals surface area contributed by atoms with E-state index in [1.165, 1.54) is 12.0 Å². The molecule has 0 spiro atoms. The molecule has 0 amide bonds. The summed E-state index contributed by atoms with van der Waals surface area (Å²) in [5, 5.41) is 3.20. The highest BCUT2D eigenvalue weighted by atomic mass is 14.8. The first-order valence-corrected chi connectivity index (χ1v) is 5.19. The van der Waals surface area contributed by atoms with Crippen LogP contribution in [0.25, 0.3) is 0 Å². The minimum atomic E-state index is 0.392. The lowest BCUT2D eigenvalue weighted by Gasteiger charge is -2.32. The van der Waals surface area contributed by atoms with Crippen molar-refractivity contribution in [3.05, 3.63) is 12.2 Å². The van der Waals surface area contributed by atoms with Gasteiger partial charge in [0.1, 0.15) is 0 Å². The van der Waals surface area contributed by atoms with E-state index in [2.05, 4.69) is 39.6 Å². The molecule has 13 heavy (non-hydrogen) atoms. The minimum Gasteiger partial charge on any atom is -0.320 e. The molecule has 0 aliphatic carbocycles. The Labute approximate surface area is 83.6 Å². The smallest absolute Gasteiger partial charge is 0.00492 e. The fourth-order valence-electron chi connectivity index (χ4n) is 1.70. The Balaban J connectivity index is 4.01. The molecule has 1 N–H and O–H groups in total. The Bertz CT molecular complexity index is 159. The Morgan fingerprint density at radius 2 is 2.00 bits per heavy atom. The Hall–Kier alpha value is -0.300. The maximum absolute atomic E-state index is 3.99. The predicted molar refractivity (Wildman–Crippen MR) is 60.9 cm³/mol. The molecule has 1 atom stereocenters. The van der Waals surface area contributed by atoms with Crippen LogP contribution in [-0.2, 0) is 0 Å². The fourth-order valence-corrected chi connectivity index (χ4v) is 1.70. The molecule has 0 aromatic heterocycles. The zero-order valence-corrected chi connectivity index (χ0v) is 9.91. The summed E-state index contributed by atoms with van der Waals surface area (Å²) in [4.78, 5) is 0. The number of nitrogens with one attached hydrogen (secondary N) is 1. The molecular formula is C12H25N. The van der Waals surface area contributed by atoms with Crippen molar-refractivity contribution in [1.29, 1.82) is 0 Å². The van der Waals surface area contributed by atoms with Gasteiger partial charge in [-0.1, -0.05) is 26.3 Å². The van der Waals surface area contributed by atoms with Crippen LogP contribution in [0.1, 0.15) is 40.5 Å². The summed E-state index contributed by atoms with van der Waals surface area (Å²) in [6, 6.07) is 0. The van der Waals surface area contributed by atoms with E-state index < -0.39 is 0 Å². The molecular weight excluding hydrogens is 158 g/mol. The van der Waals surface area contributed by atoms with Crippen molar-refractivity contribution in [3.8, 4) is 0 Å².